The molecule has 2 N–H and O–H groups in total. The normalized spacial score (nSPS) is 11.8. The van der Waals surface area contributed by atoms with Gasteiger partial charge < -0.3 is 10.4 Å². The Morgan fingerprint density at radius 3 is 2.79 bits per heavy atom. The summed E-state index contributed by atoms with van der Waals surface area (Å²) in [6.07, 6.45) is 2.63. The predicted octanol–water partition coefficient (Wildman–Crippen LogP) is 2.39. The predicted molar refractivity (Wildman–Crippen MR) is 72.3 cm³/mol. The van der Waals surface area contributed by atoms with Gasteiger partial charge in [0.15, 0.2) is 0 Å². The van der Waals surface area contributed by atoms with Gasteiger partial charge in [0.1, 0.15) is 17.7 Å². The minimum atomic E-state index is -1.03. The van der Waals surface area contributed by atoms with Crippen molar-refractivity contribution in [2.75, 3.05) is 11.9 Å². The summed E-state index contributed by atoms with van der Waals surface area (Å²) in [5.41, 5.74) is 1.28. The summed E-state index contributed by atoms with van der Waals surface area (Å²) >= 11 is 0. The molecule has 98 valence electrons. The third kappa shape index (κ3) is 3.28. The van der Waals surface area contributed by atoms with Gasteiger partial charge in [0.2, 0.25) is 0 Å². The van der Waals surface area contributed by atoms with Crippen LogP contribution < -0.4 is 5.32 Å². The Morgan fingerprint density at radius 2 is 2.11 bits per heavy atom. The fourth-order valence-corrected chi connectivity index (χ4v) is 1.78. The fourth-order valence-electron chi connectivity index (χ4n) is 1.78. The smallest absolute Gasteiger partial charge is 0.341 e. The van der Waals surface area contributed by atoms with Crippen molar-refractivity contribution in [1.82, 2.24) is 9.97 Å². The number of carboxylic acid groups (broad SMARTS) is 1. The molecule has 1 aromatic carbocycles. The van der Waals surface area contributed by atoms with Crippen LogP contribution in [0.1, 0.15) is 28.8 Å². The van der Waals surface area contributed by atoms with E-state index >= 15 is 0 Å². The maximum absolute atomic E-state index is 11.0. The Morgan fingerprint density at radius 1 is 1.37 bits per heavy atom. The molecule has 0 aliphatic heterocycles. The molecule has 0 spiro atoms. The number of anilines is 1. The quantitative estimate of drug-likeness (QED) is 0.860. The molecule has 0 fully saturated rings. The maximum atomic E-state index is 11.0. The second-order valence-electron chi connectivity index (χ2n) is 4.28. The van der Waals surface area contributed by atoms with Crippen LogP contribution in [0.3, 0.4) is 0 Å². The highest BCUT2D eigenvalue weighted by Crippen LogP contribution is 2.16. The lowest BCUT2D eigenvalue weighted by Crippen LogP contribution is -2.14. The van der Waals surface area contributed by atoms with Gasteiger partial charge in [-0.3, -0.25) is 0 Å². The van der Waals surface area contributed by atoms with E-state index in [1.807, 2.05) is 30.3 Å². The minimum Gasteiger partial charge on any atom is -0.477 e. The first kappa shape index (κ1) is 13.0. The zero-order chi connectivity index (χ0) is 13.7. The van der Waals surface area contributed by atoms with E-state index in [9.17, 15) is 4.79 Å². The minimum absolute atomic E-state index is 0.0859. The summed E-state index contributed by atoms with van der Waals surface area (Å²) in [5.74, 6) is -0.418. The lowest BCUT2D eigenvalue weighted by molar-refractivity contribution is 0.0697. The lowest BCUT2D eigenvalue weighted by atomic mass is 10.0. The first-order chi connectivity index (χ1) is 9.18. The molecule has 1 atom stereocenters. The fraction of sp³-hybridized carbons (Fsp3) is 0.214. The third-order valence-corrected chi connectivity index (χ3v) is 2.89. The molecule has 1 aromatic heterocycles. The molecule has 0 aliphatic rings. The van der Waals surface area contributed by atoms with Crippen molar-refractivity contribution < 1.29 is 9.90 Å². The summed E-state index contributed by atoms with van der Waals surface area (Å²) in [4.78, 5) is 18.7. The first-order valence-corrected chi connectivity index (χ1v) is 6.00. The Kier molecular flexibility index (Phi) is 4.07. The number of hydrogen-bond acceptors (Lipinski definition) is 4. The molecule has 1 heterocycles. The van der Waals surface area contributed by atoms with E-state index in [-0.39, 0.29) is 11.5 Å². The Labute approximate surface area is 111 Å². The van der Waals surface area contributed by atoms with Crippen molar-refractivity contribution in [2.24, 2.45) is 0 Å². The largest absolute Gasteiger partial charge is 0.477 e. The molecule has 0 saturated carbocycles. The van der Waals surface area contributed by atoms with Gasteiger partial charge in [-0.05, 0) is 11.5 Å². The van der Waals surface area contributed by atoms with Gasteiger partial charge >= 0.3 is 5.97 Å². The van der Waals surface area contributed by atoms with Crippen molar-refractivity contribution in [3.8, 4) is 0 Å². The zero-order valence-corrected chi connectivity index (χ0v) is 10.6. The molecule has 5 heteroatoms. The zero-order valence-electron chi connectivity index (χ0n) is 10.6. The van der Waals surface area contributed by atoms with Gasteiger partial charge in [-0.2, -0.15) is 0 Å². The highest BCUT2D eigenvalue weighted by Gasteiger charge is 2.12. The summed E-state index contributed by atoms with van der Waals surface area (Å²) in [5, 5.41) is 12.1. The van der Waals surface area contributed by atoms with E-state index in [1.165, 1.54) is 18.1 Å². The highest BCUT2D eigenvalue weighted by atomic mass is 16.4. The highest BCUT2D eigenvalue weighted by molar-refractivity contribution is 5.92. The van der Waals surface area contributed by atoms with Gasteiger partial charge in [0.25, 0.3) is 0 Å². The Hall–Kier alpha value is -2.43. The van der Waals surface area contributed by atoms with Crippen LogP contribution in [-0.2, 0) is 0 Å². The second-order valence-corrected chi connectivity index (χ2v) is 4.28. The topological polar surface area (TPSA) is 75.1 Å². The standard InChI is InChI=1S/C14H15N3O2/c1-10(11-5-3-2-4-6-11)7-16-13-12(14(18)19)8-15-9-17-13/h2-6,8-10H,7H2,1H3,(H,18,19)(H,15,16,17). The van der Waals surface area contributed by atoms with E-state index in [1.54, 1.807) is 0 Å². The summed E-state index contributed by atoms with van der Waals surface area (Å²) in [7, 11) is 0. The number of nitrogens with one attached hydrogen (secondary N) is 1. The summed E-state index contributed by atoms with van der Waals surface area (Å²) in [6.45, 7) is 2.69. The maximum Gasteiger partial charge on any atom is 0.341 e. The molecule has 0 radical (unpaired) electrons. The van der Waals surface area contributed by atoms with Crippen molar-refractivity contribution in [2.45, 2.75) is 12.8 Å². The van der Waals surface area contributed by atoms with Gasteiger partial charge in [-0.15, -0.1) is 0 Å². The van der Waals surface area contributed by atoms with Gasteiger partial charge in [-0.1, -0.05) is 37.3 Å². The van der Waals surface area contributed by atoms with Crippen LogP contribution in [0.5, 0.6) is 0 Å². The summed E-state index contributed by atoms with van der Waals surface area (Å²) < 4.78 is 0. The van der Waals surface area contributed by atoms with Gasteiger partial charge in [-0.25, -0.2) is 14.8 Å². The van der Waals surface area contributed by atoms with E-state index in [0.29, 0.717) is 12.4 Å². The molecular formula is C14H15N3O2. The molecule has 2 rings (SSSR count). The van der Waals surface area contributed by atoms with Crippen molar-refractivity contribution in [1.29, 1.82) is 0 Å². The van der Waals surface area contributed by atoms with Crippen LogP contribution in [0.2, 0.25) is 0 Å². The van der Waals surface area contributed by atoms with E-state index in [4.69, 9.17) is 5.11 Å². The number of benzene rings is 1. The van der Waals surface area contributed by atoms with Crippen LogP contribution in [0, 0.1) is 0 Å². The van der Waals surface area contributed by atoms with Crippen LogP contribution >= 0.6 is 0 Å². The first-order valence-electron chi connectivity index (χ1n) is 6.00. The number of aromatic carboxylic acids is 1. The number of nitrogens with zero attached hydrogens (tertiary/aromatic N) is 2. The molecule has 1 unspecified atom stereocenters. The molecule has 0 saturated heterocycles. The second kappa shape index (κ2) is 5.95. The average Bonchev–Trinajstić information content (AvgIpc) is 2.46. The van der Waals surface area contributed by atoms with Crippen LogP contribution in [0.4, 0.5) is 5.82 Å². The van der Waals surface area contributed by atoms with E-state index in [2.05, 4.69) is 22.2 Å². The molecule has 0 amide bonds. The molecule has 0 bridgehead atoms. The molecule has 0 aliphatic carbocycles. The summed E-state index contributed by atoms with van der Waals surface area (Å²) in [6, 6.07) is 10.0. The molecule has 5 nitrogen and oxygen atoms in total. The van der Waals surface area contributed by atoms with Crippen LogP contribution in [0.15, 0.2) is 42.9 Å². The van der Waals surface area contributed by atoms with E-state index in [0.717, 1.165) is 0 Å². The van der Waals surface area contributed by atoms with Crippen molar-refractivity contribution >= 4 is 11.8 Å². The van der Waals surface area contributed by atoms with Crippen molar-refractivity contribution in [3.63, 3.8) is 0 Å². The number of carbonyl (C=O) groups is 1. The number of aromatic nitrogens is 2. The van der Waals surface area contributed by atoms with Crippen LogP contribution in [0.25, 0.3) is 0 Å². The van der Waals surface area contributed by atoms with Crippen LogP contribution in [-0.4, -0.2) is 27.6 Å². The molecule has 2 aromatic rings. The average molecular weight is 257 g/mol. The Bertz CT molecular complexity index is 558. The number of rotatable bonds is 5. The monoisotopic (exact) mass is 257 g/mol. The van der Waals surface area contributed by atoms with Gasteiger partial charge in [0.05, 0.1) is 0 Å². The van der Waals surface area contributed by atoms with E-state index < -0.39 is 5.97 Å². The number of carboxylic acids is 1. The van der Waals surface area contributed by atoms with Gasteiger partial charge in [0, 0.05) is 12.7 Å². The third-order valence-electron chi connectivity index (χ3n) is 2.89. The lowest BCUT2D eigenvalue weighted by Gasteiger charge is -2.14. The Balaban J connectivity index is 2.05. The van der Waals surface area contributed by atoms with Crippen molar-refractivity contribution in [3.05, 3.63) is 54.0 Å². The molecular weight excluding hydrogens is 242 g/mol. The SMILES string of the molecule is CC(CNc1ncncc1C(=O)O)c1ccccc1. The number of hydrogen-bond donors (Lipinski definition) is 2. The molecule has 19 heavy (non-hydrogen) atoms.